The van der Waals surface area contributed by atoms with Crippen LogP contribution in [-0.2, 0) is 10.9 Å². The molecule has 1 aromatic carbocycles. The van der Waals surface area contributed by atoms with Gasteiger partial charge in [0.15, 0.2) is 0 Å². The van der Waals surface area contributed by atoms with Gasteiger partial charge in [-0.1, -0.05) is 24.3 Å². The van der Waals surface area contributed by atoms with Crippen LogP contribution in [0.4, 0.5) is 26.3 Å². The van der Waals surface area contributed by atoms with E-state index >= 15 is 0 Å². The molecular weight excluding hydrogens is 530 g/mol. The van der Waals surface area contributed by atoms with Gasteiger partial charge in [-0.3, -0.25) is 0 Å². The standard InChI is InChI=1S/C32H42F6O2/c1-2-3-20-39-27-16-12-25(13-17-27)24-10-6-22(7-11-24)4-5-23-8-14-26(15-9-23)32(37,38)40-28-18-19-29(30(33)21-28)31(34,35)36/h2-5,18-19,21-27H,6-17,20H2,1H3/b3-2+,5-4+. The number of allylic oxidation sites excluding steroid dienone is 3. The van der Waals surface area contributed by atoms with Gasteiger partial charge < -0.3 is 9.47 Å². The number of alkyl halides is 5. The number of benzene rings is 1. The summed E-state index contributed by atoms with van der Waals surface area (Å²) in [5.74, 6) is -0.872. The largest absolute Gasteiger partial charge is 0.432 e. The summed E-state index contributed by atoms with van der Waals surface area (Å²) >= 11 is 0. The number of hydrogen-bond acceptors (Lipinski definition) is 2. The van der Waals surface area contributed by atoms with Crippen LogP contribution in [0.2, 0.25) is 0 Å². The Kier molecular flexibility index (Phi) is 10.7. The second kappa shape index (κ2) is 13.8. The first kappa shape index (κ1) is 31.0. The Morgan fingerprint density at radius 2 is 1.32 bits per heavy atom. The van der Waals surface area contributed by atoms with Crippen molar-refractivity contribution in [2.75, 3.05) is 6.61 Å². The molecule has 0 amide bonds. The van der Waals surface area contributed by atoms with Crippen LogP contribution in [0.5, 0.6) is 5.75 Å². The van der Waals surface area contributed by atoms with Gasteiger partial charge >= 0.3 is 12.3 Å². The van der Waals surface area contributed by atoms with Gasteiger partial charge in [0, 0.05) is 6.07 Å². The van der Waals surface area contributed by atoms with Crippen LogP contribution in [0.15, 0.2) is 42.5 Å². The lowest BCUT2D eigenvalue weighted by molar-refractivity contribution is -0.223. The monoisotopic (exact) mass is 572 g/mol. The van der Waals surface area contributed by atoms with E-state index in [1.165, 1.54) is 38.5 Å². The Hall–Kier alpha value is -1.96. The van der Waals surface area contributed by atoms with Crippen molar-refractivity contribution >= 4 is 0 Å². The molecule has 0 unspecified atom stereocenters. The highest BCUT2D eigenvalue weighted by atomic mass is 19.4. The van der Waals surface area contributed by atoms with Crippen molar-refractivity contribution in [1.82, 2.24) is 0 Å². The van der Waals surface area contributed by atoms with Crippen LogP contribution in [-0.4, -0.2) is 18.8 Å². The summed E-state index contributed by atoms with van der Waals surface area (Å²) in [4.78, 5) is 0. The molecule has 40 heavy (non-hydrogen) atoms. The lowest BCUT2D eigenvalue weighted by Gasteiger charge is -2.37. The summed E-state index contributed by atoms with van der Waals surface area (Å²) in [5, 5.41) is 0. The molecule has 3 saturated carbocycles. The van der Waals surface area contributed by atoms with Crippen LogP contribution in [0.1, 0.15) is 89.5 Å². The maximum atomic E-state index is 14.8. The number of ether oxygens (including phenoxy) is 2. The molecule has 0 atom stereocenters. The van der Waals surface area contributed by atoms with Crippen molar-refractivity contribution in [3.8, 4) is 5.75 Å². The van der Waals surface area contributed by atoms with Crippen LogP contribution in [0.25, 0.3) is 0 Å². The molecule has 0 N–H and O–H groups in total. The van der Waals surface area contributed by atoms with Crippen LogP contribution < -0.4 is 4.74 Å². The average molecular weight is 573 g/mol. The number of hydrogen-bond donors (Lipinski definition) is 0. The average Bonchev–Trinajstić information content (AvgIpc) is 2.92. The van der Waals surface area contributed by atoms with E-state index in [4.69, 9.17) is 9.47 Å². The summed E-state index contributed by atoms with van der Waals surface area (Å²) < 4.78 is 92.1. The van der Waals surface area contributed by atoms with Crippen molar-refractivity contribution in [2.24, 2.45) is 29.6 Å². The molecule has 3 fully saturated rings. The van der Waals surface area contributed by atoms with Crippen molar-refractivity contribution in [3.63, 3.8) is 0 Å². The quantitative estimate of drug-likeness (QED) is 0.217. The second-order valence-electron chi connectivity index (χ2n) is 11.9. The fourth-order valence-corrected chi connectivity index (χ4v) is 6.82. The Morgan fingerprint density at radius 1 is 0.775 bits per heavy atom. The third-order valence-corrected chi connectivity index (χ3v) is 9.27. The fraction of sp³-hybridized carbons (Fsp3) is 0.688. The highest BCUT2D eigenvalue weighted by molar-refractivity contribution is 5.31. The molecule has 0 aromatic heterocycles. The van der Waals surface area contributed by atoms with Crippen LogP contribution >= 0.6 is 0 Å². The Balaban J connectivity index is 1.16. The molecule has 2 nitrogen and oxygen atoms in total. The van der Waals surface area contributed by atoms with Gasteiger partial charge in [-0.05, 0) is 120 Å². The third-order valence-electron chi connectivity index (χ3n) is 9.27. The van der Waals surface area contributed by atoms with E-state index in [-0.39, 0.29) is 18.8 Å². The molecule has 0 heterocycles. The lowest BCUT2D eigenvalue weighted by atomic mass is 9.70. The normalized spacial score (nSPS) is 30.7. The Labute approximate surface area is 234 Å². The van der Waals surface area contributed by atoms with Crippen LogP contribution in [0, 0.1) is 35.4 Å². The second-order valence-corrected chi connectivity index (χ2v) is 11.9. The van der Waals surface area contributed by atoms with E-state index in [2.05, 4.69) is 18.2 Å². The molecule has 224 valence electrons. The van der Waals surface area contributed by atoms with E-state index in [0.717, 1.165) is 30.7 Å². The first-order valence-corrected chi connectivity index (χ1v) is 14.9. The minimum absolute atomic E-state index is 0.242. The van der Waals surface area contributed by atoms with E-state index in [9.17, 15) is 26.3 Å². The minimum atomic E-state index is -4.89. The van der Waals surface area contributed by atoms with Crippen molar-refractivity contribution < 1.29 is 35.8 Å². The zero-order chi connectivity index (χ0) is 28.8. The molecule has 8 heteroatoms. The molecule has 1 aromatic rings. The van der Waals surface area contributed by atoms with Gasteiger partial charge in [-0.25, -0.2) is 4.39 Å². The molecule has 0 saturated heterocycles. The summed E-state index contributed by atoms with van der Waals surface area (Å²) in [6.07, 6.45) is 12.0. The summed E-state index contributed by atoms with van der Waals surface area (Å²) in [6.45, 7) is 2.72. The summed E-state index contributed by atoms with van der Waals surface area (Å²) in [7, 11) is 0. The first-order valence-electron chi connectivity index (χ1n) is 14.9. The van der Waals surface area contributed by atoms with Gasteiger partial charge in [0.1, 0.15) is 11.6 Å². The molecule has 3 aliphatic carbocycles. The SMILES string of the molecule is C/C=C/COC1CCC(C2CCC(/C=C/C3CCC(C(F)(F)Oc4ccc(C(F)(F)F)c(F)c4)CC3)CC2)CC1. The van der Waals surface area contributed by atoms with Crippen LogP contribution in [0.3, 0.4) is 0 Å². The highest BCUT2D eigenvalue weighted by Crippen LogP contribution is 2.43. The van der Waals surface area contributed by atoms with Gasteiger partial charge in [-0.2, -0.15) is 22.0 Å². The van der Waals surface area contributed by atoms with Gasteiger partial charge in [0.25, 0.3) is 0 Å². The molecule has 0 radical (unpaired) electrons. The fourth-order valence-electron chi connectivity index (χ4n) is 6.82. The minimum Gasteiger partial charge on any atom is -0.432 e. The number of rotatable bonds is 9. The number of halogens is 6. The van der Waals surface area contributed by atoms with E-state index in [1.54, 1.807) is 0 Å². The highest BCUT2D eigenvalue weighted by Gasteiger charge is 2.44. The topological polar surface area (TPSA) is 18.5 Å². The maximum Gasteiger partial charge on any atom is 0.419 e. The third kappa shape index (κ3) is 8.53. The Morgan fingerprint density at radius 3 is 1.85 bits per heavy atom. The first-order chi connectivity index (χ1) is 19.0. The van der Waals surface area contributed by atoms with E-state index < -0.39 is 35.3 Å². The zero-order valence-electron chi connectivity index (χ0n) is 23.3. The van der Waals surface area contributed by atoms with Crippen molar-refractivity contribution in [1.29, 1.82) is 0 Å². The maximum absolute atomic E-state index is 14.8. The van der Waals surface area contributed by atoms with Gasteiger partial charge in [0.2, 0.25) is 0 Å². The summed E-state index contributed by atoms with van der Waals surface area (Å²) in [6, 6.07) is 1.56. The van der Waals surface area contributed by atoms with Crippen molar-refractivity contribution in [2.45, 2.75) is 102 Å². The molecular formula is C32H42F6O2. The Bertz CT molecular complexity index is 980. The molecule has 4 rings (SSSR count). The summed E-state index contributed by atoms with van der Waals surface area (Å²) in [5.41, 5.74) is -1.50. The lowest BCUT2D eigenvalue weighted by Crippen LogP contribution is -2.37. The van der Waals surface area contributed by atoms with Gasteiger partial charge in [0.05, 0.1) is 24.2 Å². The molecule has 3 aliphatic rings. The van der Waals surface area contributed by atoms with Crippen molar-refractivity contribution in [3.05, 3.63) is 53.9 Å². The molecule has 0 aliphatic heterocycles. The van der Waals surface area contributed by atoms with Gasteiger partial charge in [-0.15, -0.1) is 0 Å². The predicted molar refractivity (Wildman–Crippen MR) is 144 cm³/mol. The van der Waals surface area contributed by atoms with E-state index in [1.807, 2.05) is 13.0 Å². The molecule has 0 bridgehead atoms. The molecule has 0 spiro atoms. The predicted octanol–water partition coefficient (Wildman–Crippen LogP) is 10.1. The van der Waals surface area contributed by atoms with E-state index in [0.29, 0.717) is 43.6 Å². The smallest absolute Gasteiger partial charge is 0.419 e. The zero-order valence-corrected chi connectivity index (χ0v) is 23.3.